The number of benzene rings is 3. The minimum atomic E-state index is -0.269. The van der Waals surface area contributed by atoms with Crippen LogP contribution < -0.4 is 15.0 Å². The fourth-order valence-electron chi connectivity index (χ4n) is 4.11. The standard InChI is InChI=1S/C27H24N4O4/c1-17-6-3-4-7-21(17)27-30-29-26(35-27)19-11-9-18(10-12-19)25(33)28-20-13-14-22(23(16-20)34-2)31-15-5-8-24(31)32/h3-4,6-7,9-14,16H,5,8,15H2,1-2H3,(H,28,33). The summed E-state index contributed by atoms with van der Waals surface area (Å²) in [5.74, 6) is 1.18. The number of nitrogens with one attached hydrogen (secondary N) is 1. The molecule has 1 saturated heterocycles. The Bertz CT molecular complexity index is 1390. The van der Waals surface area contributed by atoms with Gasteiger partial charge in [-0.15, -0.1) is 10.2 Å². The van der Waals surface area contributed by atoms with E-state index in [0.717, 1.165) is 23.1 Å². The lowest BCUT2D eigenvalue weighted by Crippen LogP contribution is -2.24. The molecule has 0 bridgehead atoms. The van der Waals surface area contributed by atoms with Crippen molar-refractivity contribution in [1.29, 1.82) is 0 Å². The third-order valence-electron chi connectivity index (χ3n) is 6.00. The van der Waals surface area contributed by atoms with Gasteiger partial charge in [-0.1, -0.05) is 18.2 Å². The number of amides is 2. The normalized spacial score (nSPS) is 13.2. The average molecular weight is 469 g/mol. The lowest BCUT2D eigenvalue weighted by molar-refractivity contribution is -0.117. The Morgan fingerprint density at radius 3 is 2.51 bits per heavy atom. The molecule has 1 aliphatic heterocycles. The highest BCUT2D eigenvalue weighted by Gasteiger charge is 2.24. The van der Waals surface area contributed by atoms with Gasteiger partial charge in [0, 0.05) is 41.4 Å². The van der Waals surface area contributed by atoms with Gasteiger partial charge in [-0.05, 0) is 61.4 Å². The fraction of sp³-hybridized carbons (Fsp3) is 0.185. The Hall–Kier alpha value is -4.46. The molecule has 3 aromatic carbocycles. The maximum atomic E-state index is 12.8. The SMILES string of the molecule is COc1cc(NC(=O)c2ccc(-c3nnc(-c4ccccc4C)o3)cc2)ccc1N1CCCC1=O. The minimum absolute atomic E-state index is 0.0763. The van der Waals surface area contributed by atoms with Gasteiger partial charge in [0.15, 0.2) is 0 Å². The Kier molecular flexibility index (Phi) is 6.01. The number of anilines is 2. The summed E-state index contributed by atoms with van der Waals surface area (Å²) >= 11 is 0. The van der Waals surface area contributed by atoms with Crippen LogP contribution in [-0.4, -0.2) is 35.7 Å². The molecule has 0 atom stereocenters. The third-order valence-corrected chi connectivity index (χ3v) is 6.00. The molecular formula is C27H24N4O4. The van der Waals surface area contributed by atoms with Gasteiger partial charge in [0.25, 0.3) is 5.91 Å². The molecule has 35 heavy (non-hydrogen) atoms. The van der Waals surface area contributed by atoms with Gasteiger partial charge >= 0.3 is 0 Å². The smallest absolute Gasteiger partial charge is 0.255 e. The van der Waals surface area contributed by atoms with Crippen molar-refractivity contribution in [3.63, 3.8) is 0 Å². The van der Waals surface area contributed by atoms with Crippen LogP contribution in [0.1, 0.15) is 28.8 Å². The number of ether oxygens (including phenoxy) is 1. The zero-order valence-electron chi connectivity index (χ0n) is 19.4. The first-order valence-corrected chi connectivity index (χ1v) is 11.3. The zero-order chi connectivity index (χ0) is 24.4. The van der Waals surface area contributed by atoms with Gasteiger partial charge in [-0.3, -0.25) is 9.59 Å². The number of hydrogen-bond acceptors (Lipinski definition) is 6. The van der Waals surface area contributed by atoms with E-state index in [1.165, 1.54) is 0 Å². The topological polar surface area (TPSA) is 97.6 Å². The van der Waals surface area contributed by atoms with Crippen molar-refractivity contribution < 1.29 is 18.7 Å². The van der Waals surface area contributed by atoms with Crippen molar-refractivity contribution in [3.8, 4) is 28.7 Å². The second-order valence-electron chi connectivity index (χ2n) is 8.29. The number of aromatic nitrogens is 2. The summed E-state index contributed by atoms with van der Waals surface area (Å²) in [5.41, 5.74) is 4.41. The highest BCUT2D eigenvalue weighted by molar-refractivity contribution is 6.05. The molecule has 176 valence electrons. The fourth-order valence-corrected chi connectivity index (χ4v) is 4.11. The molecule has 0 saturated carbocycles. The molecule has 1 aliphatic rings. The predicted octanol–water partition coefficient (Wildman–Crippen LogP) is 5.10. The van der Waals surface area contributed by atoms with Gasteiger partial charge in [-0.25, -0.2) is 0 Å². The van der Waals surface area contributed by atoms with Crippen LogP contribution in [0.4, 0.5) is 11.4 Å². The van der Waals surface area contributed by atoms with E-state index in [-0.39, 0.29) is 11.8 Å². The van der Waals surface area contributed by atoms with E-state index < -0.39 is 0 Å². The van der Waals surface area contributed by atoms with Crippen molar-refractivity contribution in [2.45, 2.75) is 19.8 Å². The second-order valence-corrected chi connectivity index (χ2v) is 8.29. The van der Waals surface area contributed by atoms with Gasteiger partial charge in [0.05, 0.1) is 12.8 Å². The van der Waals surface area contributed by atoms with E-state index in [1.807, 2.05) is 31.2 Å². The number of carbonyl (C=O) groups is 2. The summed E-state index contributed by atoms with van der Waals surface area (Å²) in [6.07, 6.45) is 1.36. The molecule has 0 radical (unpaired) electrons. The first-order chi connectivity index (χ1) is 17.0. The van der Waals surface area contributed by atoms with Crippen LogP contribution in [0.3, 0.4) is 0 Å². The Labute approximate surface area is 202 Å². The average Bonchev–Trinajstić information content (AvgIpc) is 3.54. The minimum Gasteiger partial charge on any atom is -0.494 e. The van der Waals surface area contributed by atoms with E-state index in [9.17, 15) is 9.59 Å². The van der Waals surface area contributed by atoms with Crippen LogP contribution in [0.25, 0.3) is 22.9 Å². The third kappa shape index (κ3) is 4.50. The number of carbonyl (C=O) groups excluding carboxylic acids is 2. The first kappa shape index (κ1) is 22.3. The lowest BCUT2D eigenvalue weighted by Gasteiger charge is -2.19. The molecule has 8 nitrogen and oxygen atoms in total. The summed E-state index contributed by atoms with van der Waals surface area (Å²) in [6, 6.07) is 20.0. The quantitative estimate of drug-likeness (QED) is 0.423. The molecule has 0 unspecified atom stereocenters. The van der Waals surface area contributed by atoms with Crippen LogP contribution in [-0.2, 0) is 4.79 Å². The van der Waals surface area contributed by atoms with Crippen LogP contribution in [0.5, 0.6) is 5.75 Å². The molecule has 0 aliphatic carbocycles. The summed E-state index contributed by atoms with van der Waals surface area (Å²) in [6.45, 7) is 2.65. The first-order valence-electron chi connectivity index (χ1n) is 11.3. The Balaban J connectivity index is 1.30. The number of hydrogen-bond donors (Lipinski definition) is 1. The van der Waals surface area contributed by atoms with Gasteiger partial charge in [0.1, 0.15) is 5.75 Å². The molecule has 1 N–H and O–H groups in total. The maximum Gasteiger partial charge on any atom is 0.255 e. The molecule has 2 heterocycles. The van der Waals surface area contributed by atoms with Crippen LogP contribution >= 0.6 is 0 Å². The van der Waals surface area contributed by atoms with E-state index in [0.29, 0.717) is 47.4 Å². The monoisotopic (exact) mass is 468 g/mol. The number of nitrogens with zero attached hydrogens (tertiary/aromatic N) is 3. The highest BCUT2D eigenvalue weighted by atomic mass is 16.5. The van der Waals surface area contributed by atoms with Crippen LogP contribution in [0.2, 0.25) is 0 Å². The van der Waals surface area contributed by atoms with Crippen molar-refractivity contribution in [2.75, 3.05) is 23.9 Å². The molecular weight excluding hydrogens is 444 g/mol. The predicted molar refractivity (Wildman–Crippen MR) is 132 cm³/mol. The molecule has 1 aromatic heterocycles. The molecule has 1 fully saturated rings. The lowest BCUT2D eigenvalue weighted by atomic mass is 10.1. The van der Waals surface area contributed by atoms with Crippen LogP contribution in [0, 0.1) is 6.92 Å². The molecule has 5 rings (SSSR count). The summed E-state index contributed by atoms with van der Waals surface area (Å²) in [4.78, 5) is 26.6. The van der Waals surface area contributed by atoms with E-state index in [1.54, 1.807) is 54.5 Å². The summed E-state index contributed by atoms with van der Waals surface area (Å²) in [7, 11) is 1.55. The van der Waals surface area contributed by atoms with Gasteiger partial charge < -0.3 is 19.4 Å². The van der Waals surface area contributed by atoms with E-state index in [2.05, 4.69) is 15.5 Å². The molecule has 8 heteroatoms. The van der Waals surface area contributed by atoms with Crippen molar-refractivity contribution >= 4 is 23.2 Å². The van der Waals surface area contributed by atoms with Crippen molar-refractivity contribution in [2.24, 2.45) is 0 Å². The molecule has 4 aromatic rings. The molecule has 2 amide bonds. The van der Waals surface area contributed by atoms with Crippen LogP contribution in [0.15, 0.2) is 71.1 Å². The summed E-state index contributed by atoms with van der Waals surface area (Å²) in [5, 5.41) is 11.2. The van der Waals surface area contributed by atoms with Crippen molar-refractivity contribution in [1.82, 2.24) is 10.2 Å². The Morgan fingerprint density at radius 2 is 1.80 bits per heavy atom. The number of rotatable bonds is 6. The highest BCUT2D eigenvalue weighted by Crippen LogP contribution is 2.34. The summed E-state index contributed by atoms with van der Waals surface area (Å²) < 4.78 is 11.3. The van der Waals surface area contributed by atoms with E-state index in [4.69, 9.17) is 9.15 Å². The number of aryl methyl sites for hydroxylation is 1. The number of methoxy groups -OCH3 is 1. The van der Waals surface area contributed by atoms with Crippen molar-refractivity contribution in [3.05, 3.63) is 77.9 Å². The largest absolute Gasteiger partial charge is 0.494 e. The van der Waals surface area contributed by atoms with Gasteiger partial charge in [0.2, 0.25) is 17.7 Å². The maximum absolute atomic E-state index is 12.8. The zero-order valence-corrected chi connectivity index (χ0v) is 19.4. The molecule has 0 spiro atoms. The van der Waals surface area contributed by atoms with E-state index >= 15 is 0 Å². The Morgan fingerprint density at radius 1 is 1.03 bits per heavy atom. The van der Waals surface area contributed by atoms with Gasteiger partial charge in [-0.2, -0.15) is 0 Å². The second kappa shape index (κ2) is 9.42.